The fraction of sp³-hybridized carbons (Fsp3) is 0.391. The Morgan fingerprint density at radius 3 is 2.38 bits per heavy atom. The summed E-state index contributed by atoms with van der Waals surface area (Å²) in [4.78, 5) is 27.4. The van der Waals surface area contributed by atoms with Gasteiger partial charge in [0, 0.05) is 6.54 Å². The summed E-state index contributed by atoms with van der Waals surface area (Å²) in [7, 11) is -3.74. The normalized spacial score (nSPS) is 18.7. The zero-order valence-corrected chi connectivity index (χ0v) is 20.0. The van der Waals surface area contributed by atoms with Crippen molar-refractivity contribution < 1.29 is 18.0 Å². The molecule has 0 spiro atoms. The molecular weight excluding hydrogens is 450 g/mol. The number of amides is 2. The summed E-state index contributed by atoms with van der Waals surface area (Å²) in [6.07, 6.45) is 0. The maximum absolute atomic E-state index is 12.9. The number of hydrogen-bond donors (Lipinski definition) is 1. The van der Waals surface area contributed by atoms with Crippen LogP contribution in [0.25, 0.3) is 0 Å². The first-order valence-electron chi connectivity index (χ1n) is 10.6. The first kappa shape index (κ1) is 24.2. The van der Waals surface area contributed by atoms with Gasteiger partial charge in [0.05, 0.1) is 34.0 Å². The Kier molecular flexibility index (Phi) is 7.59. The number of hydrogen-bond acceptors (Lipinski definition) is 5. The summed E-state index contributed by atoms with van der Waals surface area (Å²) in [6.45, 7) is 7.77. The molecule has 7 nitrogen and oxygen atoms in total. The molecule has 3 rings (SSSR count). The van der Waals surface area contributed by atoms with Crippen LogP contribution in [0.15, 0.2) is 48.5 Å². The maximum atomic E-state index is 12.9. The van der Waals surface area contributed by atoms with Crippen molar-refractivity contribution in [2.75, 3.05) is 29.7 Å². The van der Waals surface area contributed by atoms with Crippen LogP contribution < -0.4 is 9.62 Å². The van der Waals surface area contributed by atoms with Crippen molar-refractivity contribution in [3.8, 4) is 0 Å². The lowest BCUT2D eigenvalue weighted by Crippen LogP contribution is -2.38. The van der Waals surface area contributed by atoms with Gasteiger partial charge >= 0.3 is 0 Å². The van der Waals surface area contributed by atoms with Crippen molar-refractivity contribution in [3.05, 3.63) is 64.7 Å². The van der Waals surface area contributed by atoms with Crippen molar-refractivity contribution >= 4 is 39.1 Å². The lowest BCUT2D eigenvalue weighted by atomic mass is 10.0. The van der Waals surface area contributed by atoms with Crippen LogP contribution in [-0.2, 0) is 14.8 Å². The van der Waals surface area contributed by atoms with E-state index in [-0.39, 0.29) is 34.0 Å². The lowest BCUT2D eigenvalue weighted by molar-refractivity contribution is -0.119. The van der Waals surface area contributed by atoms with Crippen molar-refractivity contribution in [1.29, 1.82) is 0 Å². The third kappa shape index (κ3) is 4.98. The van der Waals surface area contributed by atoms with Crippen LogP contribution in [0.1, 0.15) is 42.7 Å². The Bertz CT molecular complexity index is 1090. The first-order chi connectivity index (χ1) is 15.2. The Hall–Kier alpha value is -2.42. The van der Waals surface area contributed by atoms with E-state index in [1.54, 1.807) is 6.92 Å². The average Bonchev–Trinajstić information content (AvgIpc) is 2.97. The number of sulfonamides is 1. The van der Waals surface area contributed by atoms with E-state index >= 15 is 0 Å². The summed E-state index contributed by atoms with van der Waals surface area (Å²) < 4.78 is 25.4. The molecule has 0 aliphatic carbocycles. The molecular formula is C23H28ClN3O4S. The number of nitrogens with zero attached hydrogens (tertiary/aromatic N) is 2. The fourth-order valence-corrected chi connectivity index (χ4v) is 6.06. The number of benzene rings is 2. The summed E-state index contributed by atoms with van der Waals surface area (Å²) in [6, 6.07) is 14.2. The van der Waals surface area contributed by atoms with E-state index < -0.39 is 21.8 Å². The molecule has 2 unspecified atom stereocenters. The number of anilines is 1. The molecule has 2 atom stereocenters. The SMILES string of the molecule is CCN(CC)C(CNC(=O)c1ccc(N2C(=O)C(C)CS2(=O)=O)cc1Cl)c1ccccc1. The summed E-state index contributed by atoms with van der Waals surface area (Å²) in [5, 5.41) is 3.03. The van der Waals surface area contributed by atoms with Gasteiger partial charge < -0.3 is 5.32 Å². The molecule has 2 aromatic carbocycles. The van der Waals surface area contributed by atoms with Gasteiger partial charge in [-0.2, -0.15) is 0 Å². The van der Waals surface area contributed by atoms with Gasteiger partial charge in [-0.25, -0.2) is 12.7 Å². The zero-order valence-electron chi connectivity index (χ0n) is 18.4. The molecule has 1 aliphatic heterocycles. The van der Waals surface area contributed by atoms with Gasteiger partial charge in [-0.1, -0.05) is 62.7 Å². The second-order valence-corrected chi connectivity index (χ2v) is 10.1. The highest BCUT2D eigenvalue weighted by atomic mass is 35.5. The molecule has 2 amide bonds. The Morgan fingerprint density at radius 2 is 1.84 bits per heavy atom. The van der Waals surface area contributed by atoms with Gasteiger partial charge in [-0.3, -0.25) is 14.5 Å². The van der Waals surface area contributed by atoms with Crippen LogP contribution in [0.5, 0.6) is 0 Å². The van der Waals surface area contributed by atoms with Crippen LogP contribution in [0.2, 0.25) is 5.02 Å². The Morgan fingerprint density at radius 1 is 1.19 bits per heavy atom. The zero-order chi connectivity index (χ0) is 23.5. The molecule has 0 radical (unpaired) electrons. The number of halogens is 1. The van der Waals surface area contributed by atoms with Gasteiger partial charge in [-0.15, -0.1) is 0 Å². The second kappa shape index (κ2) is 10.0. The van der Waals surface area contributed by atoms with E-state index in [0.717, 1.165) is 23.0 Å². The highest BCUT2D eigenvalue weighted by Gasteiger charge is 2.42. The molecule has 9 heteroatoms. The number of carbonyl (C=O) groups excluding carboxylic acids is 2. The molecule has 1 N–H and O–H groups in total. The summed E-state index contributed by atoms with van der Waals surface area (Å²) in [5.74, 6) is -1.71. The van der Waals surface area contributed by atoms with E-state index in [9.17, 15) is 18.0 Å². The number of nitrogens with one attached hydrogen (secondary N) is 1. The molecule has 0 aromatic heterocycles. The van der Waals surface area contributed by atoms with Gasteiger partial charge in [0.2, 0.25) is 15.9 Å². The van der Waals surface area contributed by atoms with Crippen molar-refractivity contribution in [3.63, 3.8) is 0 Å². The van der Waals surface area contributed by atoms with Gasteiger partial charge in [0.15, 0.2) is 0 Å². The van der Waals surface area contributed by atoms with E-state index in [1.807, 2.05) is 30.3 Å². The maximum Gasteiger partial charge on any atom is 0.252 e. The monoisotopic (exact) mass is 477 g/mol. The summed E-state index contributed by atoms with van der Waals surface area (Å²) >= 11 is 6.33. The van der Waals surface area contributed by atoms with Crippen LogP contribution in [-0.4, -0.2) is 50.5 Å². The smallest absolute Gasteiger partial charge is 0.252 e. The third-order valence-corrected chi connectivity index (χ3v) is 7.87. The predicted octanol–water partition coefficient (Wildman–Crippen LogP) is 3.47. The fourth-order valence-electron chi connectivity index (χ4n) is 3.98. The average molecular weight is 478 g/mol. The van der Waals surface area contributed by atoms with E-state index in [0.29, 0.717) is 6.54 Å². The van der Waals surface area contributed by atoms with Crippen molar-refractivity contribution in [2.24, 2.45) is 5.92 Å². The quantitative estimate of drug-likeness (QED) is 0.629. The Labute approximate surface area is 194 Å². The molecule has 1 heterocycles. The topological polar surface area (TPSA) is 86.8 Å². The van der Waals surface area contributed by atoms with Gasteiger partial charge in [0.1, 0.15) is 0 Å². The van der Waals surface area contributed by atoms with Crippen LogP contribution in [0, 0.1) is 5.92 Å². The van der Waals surface area contributed by atoms with E-state index in [1.165, 1.54) is 18.2 Å². The largest absolute Gasteiger partial charge is 0.350 e. The molecule has 1 aliphatic rings. The van der Waals surface area contributed by atoms with Crippen LogP contribution in [0.3, 0.4) is 0 Å². The van der Waals surface area contributed by atoms with E-state index in [4.69, 9.17) is 11.6 Å². The molecule has 32 heavy (non-hydrogen) atoms. The minimum Gasteiger partial charge on any atom is -0.350 e. The molecule has 1 saturated heterocycles. The van der Waals surface area contributed by atoms with Crippen molar-refractivity contribution in [1.82, 2.24) is 10.2 Å². The lowest BCUT2D eigenvalue weighted by Gasteiger charge is -2.30. The molecule has 1 fully saturated rings. The highest BCUT2D eigenvalue weighted by molar-refractivity contribution is 7.94. The second-order valence-electron chi connectivity index (χ2n) is 7.80. The first-order valence-corrected chi connectivity index (χ1v) is 12.6. The number of carbonyl (C=O) groups is 2. The summed E-state index contributed by atoms with van der Waals surface area (Å²) in [5.41, 5.74) is 1.47. The molecule has 2 aromatic rings. The van der Waals surface area contributed by atoms with Crippen LogP contribution in [0.4, 0.5) is 5.69 Å². The number of rotatable bonds is 8. The third-order valence-electron chi connectivity index (χ3n) is 5.69. The van der Waals surface area contributed by atoms with Gasteiger partial charge in [-0.05, 0) is 36.9 Å². The molecule has 0 saturated carbocycles. The highest BCUT2D eigenvalue weighted by Crippen LogP contribution is 2.31. The standard InChI is InChI=1S/C23H28ClN3O4S/c1-4-26(5-2)21(17-9-7-6-8-10-17)14-25-22(28)19-12-11-18(13-20(19)24)27-23(29)16(3)15-32(27,30)31/h6-13,16,21H,4-5,14-15H2,1-3H3,(H,25,28). The minimum atomic E-state index is -3.74. The van der Waals surface area contributed by atoms with Crippen molar-refractivity contribution in [2.45, 2.75) is 26.8 Å². The van der Waals surface area contributed by atoms with E-state index in [2.05, 4.69) is 24.1 Å². The number of likely N-dealkylation sites (N-methyl/N-ethyl adjacent to an activating group) is 1. The molecule has 0 bridgehead atoms. The molecule has 172 valence electrons. The van der Waals surface area contributed by atoms with Gasteiger partial charge in [0.25, 0.3) is 5.91 Å². The minimum absolute atomic E-state index is 0.00190. The predicted molar refractivity (Wildman–Crippen MR) is 126 cm³/mol. The Balaban J connectivity index is 1.78. The van der Waals surface area contributed by atoms with Crippen LogP contribution >= 0.6 is 11.6 Å².